The number of ether oxygens (including phenoxy) is 2. The molecule has 14 heteroatoms. The van der Waals surface area contributed by atoms with Crippen LogP contribution in [0.4, 0.5) is 9.59 Å². The van der Waals surface area contributed by atoms with Gasteiger partial charge in [-0.25, -0.2) is 19.6 Å². The minimum atomic E-state index is -0.696. The maximum atomic E-state index is 13.4. The van der Waals surface area contributed by atoms with E-state index in [4.69, 9.17) is 4.74 Å². The Balaban J connectivity index is 1.13. The number of carbonyl (C=O) groups is 4. The molecule has 0 spiro atoms. The number of H-pyrrole nitrogens is 2. The van der Waals surface area contributed by atoms with Crippen LogP contribution in [0.3, 0.4) is 0 Å². The molecule has 0 saturated carbocycles. The van der Waals surface area contributed by atoms with Crippen molar-refractivity contribution in [3.8, 4) is 11.3 Å². The van der Waals surface area contributed by atoms with Gasteiger partial charge in [-0.1, -0.05) is 32.0 Å². The summed E-state index contributed by atoms with van der Waals surface area (Å²) in [5.41, 5.74) is 4.20. The maximum Gasteiger partial charge on any atom is 0.407 e. The first kappa shape index (κ1) is 36.4. The molecule has 50 heavy (non-hydrogen) atoms. The lowest BCUT2D eigenvalue weighted by molar-refractivity contribution is -0.135. The van der Waals surface area contributed by atoms with Crippen LogP contribution in [-0.2, 0) is 31.9 Å². The van der Waals surface area contributed by atoms with Gasteiger partial charge in [-0.05, 0) is 81.4 Å². The Kier molecular flexibility index (Phi) is 12.1. The predicted octanol–water partition coefficient (Wildman–Crippen LogP) is 4.82. The number of alkyl carbamates (subject to hydrolysis) is 2. The molecular formula is C36H50N8O6. The molecule has 4 atom stereocenters. The number of benzene rings is 1. The largest absolute Gasteiger partial charge is 0.453 e. The van der Waals surface area contributed by atoms with E-state index in [0.717, 1.165) is 80.0 Å². The van der Waals surface area contributed by atoms with Crippen molar-refractivity contribution >= 4 is 24.0 Å². The number of carbonyl (C=O) groups excluding carboxylic acids is 4. The highest BCUT2D eigenvalue weighted by atomic mass is 16.5. The third-order valence-electron chi connectivity index (χ3n) is 9.63. The van der Waals surface area contributed by atoms with E-state index in [2.05, 4.69) is 59.6 Å². The zero-order valence-corrected chi connectivity index (χ0v) is 29.7. The number of methoxy groups -OCH3 is 2. The fourth-order valence-electron chi connectivity index (χ4n) is 6.92. The number of hydrogen-bond acceptors (Lipinski definition) is 8. The first-order valence-corrected chi connectivity index (χ1v) is 17.6. The van der Waals surface area contributed by atoms with Gasteiger partial charge in [-0.2, -0.15) is 0 Å². The normalized spacial score (nSPS) is 18.6. The van der Waals surface area contributed by atoms with Crippen LogP contribution in [0.15, 0.2) is 36.7 Å². The van der Waals surface area contributed by atoms with Gasteiger partial charge in [0.2, 0.25) is 11.8 Å². The summed E-state index contributed by atoms with van der Waals surface area (Å²) < 4.78 is 9.38. The Hall–Kier alpha value is -4.88. The highest BCUT2D eigenvalue weighted by Crippen LogP contribution is 2.33. The summed E-state index contributed by atoms with van der Waals surface area (Å²) >= 11 is 0. The second-order valence-electron chi connectivity index (χ2n) is 13.5. The third kappa shape index (κ3) is 8.64. The van der Waals surface area contributed by atoms with E-state index in [1.807, 2.05) is 31.1 Å². The molecule has 2 saturated heterocycles. The molecule has 3 aromatic rings. The van der Waals surface area contributed by atoms with Crippen LogP contribution < -0.4 is 10.6 Å². The van der Waals surface area contributed by atoms with E-state index in [1.165, 1.54) is 19.8 Å². The summed E-state index contributed by atoms with van der Waals surface area (Å²) in [7, 11) is 2.57. The molecule has 4 heterocycles. The summed E-state index contributed by atoms with van der Waals surface area (Å²) in [5.74, 6) is 1.17. The van der Waals surface area contributed by atoms with Gasteiger partial charge in [0.05, 0.1) is 38.2 Å². The van der Waals surface area contributed by atoms with Crippen molar-refractivity contribution in [2.24, 2.45) is 5.92 Å². The molecule has 0 aliphatic carbocycles. The van der Waals surface area contributed by atoms with Gasteiger partial charge in [0.1, 0.15) is 23.7 Å². The first-order valence-electron chi connectivity index (χ1n) is 17.6. The molecule has 270 valence electrons. The second-order valence-corrected chi connectivity index (χ2v) is 13.5. The van der Waals surface area contributed by atoms with Crippen molar-refractivity contribution in [3.63, 3.8) is 0 Å². The van der Waals surface area contributed by atoms with E-state index < -0.39 is 24.3 Å². The molecule has 0 unspecified atom stereocenters. The van der Waals surface area contributed by atoms with Crippen molar-refractivity contribution in [1.82, 2.24) is 40.4 Å². The number of rotatable bonds is 13. The van der Waals surface area contributed by atoms with E-state index in [-0.39, 0.29) is 29.8 Å². The number of nitrogens with zero attached hydrogens (tertiary/aromatic N) is 4. The SMILES string of the molecule is COC(=O)N[C@H](C(=O)N1CCC[C@H]1c1ncc(CCCCc2cccc(-c3cnc([C@@H]4CCCN4C(=O)[C@@H](C)NC(=O)OC)[nH]3)c2)[nH]1)C(C)C. The molecular weight excluding hydrogens is 640 g/mol. The average Bonchev–Trinajstić information content (AvgIpc) is 3.94. The lowest BCUT2D eigenvalue weighted by Gasteiger charge is -2.30. The van der Waals surface area contributed by atoms with Crippen molar-refractivity contribution in [1.29, 1.82) is 0 Å². The number of amides is 4. The van der Waals surface area contributed by atoms with E-state index in [0.29, 0.717) is 13.1 Å². The van der Waals surface area contributed by atoms with Crippen LogP contribution in [-0.4, -0.2) is 93.1 Å². The fourth-order valence-corrected chi connectivity index (χ4v) is 6.92. The standard InChI is InChI=1S/C36H50N8O6/c1-22(2)30(42-36(48)50-5)34(46)44-18-10-15-28(44)31-37-20-26(40-31)14-7-6-11-24-12-8-13-25(19-24)27-21-38-32(41-27)29-16-9-17-43(29)33(45)23(3)39-35(47)49-4/h8,12-13,19-23,28-30H,6-7,9-11,14-18H2,1-5H3,(H,37,40)(H,38,41)(H,39,47)(H,42,48)/t23-,28+,29+,30+/m1/s1. The van der Waals surface area contributed by atoms with Crippen LogP contribution in [0.1, 0.15) is 94.3 Å². The van der Waals surface area contributed by atoms with Gasteiger partial charge < -0.3 is 39.9 Å². The summed E-state index contributed by atoms with van der Waals surface area (Å²) in [6.07, 6.45) is 9.53. The van der Waals surface area contributed by atoms with Crippen molar-refractivity contribution in [3.05, 3.63) is 59.6 Å². The van der Waals surface area contributed by atoms with E-state index in [9.17, 15) is 19.2 Å². The monoisotopic (exact) mass is 690 g/mol. The first-order chi connectivity index (χ1) is 24.1. The van der Waals surface area contributed by atoms with Crippen molar-refractivity contribution < 1.29 is 28.7 Å². The highest BCUT2D eigenvalue weighted by molar-refractivity contribution is 5.87. The van der Waals surface area contributed by atoms with Crippen molar-refractivity contribution in [2.45, 2.75) is 96.3 Å². The van der Waals surface area contributed by atoms with Crippen LogP contribution in [0.2, 0.25) is 0 Å². The fraction of sp³-hybridized carbons (Fsp3) is 0.556. The zero-order valence-electron chi connectivity index (χ0n) is 29.7. The summed E-state index contributed by atoms with van der Waals surface area (Å²) in [6.45, 7) is 6.70. The molecule has 14 nitrogen and oxygen atoms in total. The molecule has 4 N–H and O–H groups in total. The summed E-state index contributed by atoms with van der Waals surface area (Å²) in [6, 6.07) is 6.74. The van der Waals surface area contributed by atoms with Crippen LogP contribution >= 0.6 is 0 Å². The van der Waals surface area contributed by atoms with Gasteiger partial charge in [0, 0.05) is 25.0 Å². The van der Waals surface area contributed by atoms with Gasteiger partial charge in [0.25, 0.3) is 0 Å². The Bertz CT molecular complexity index is 1640. The number of imidazole rings is 2. The Labute approximate surface area is 293 Å². The van der Waals surface area contributed by atoms with Gasteiger partial charge in [0.15, 0.2) is 0 Å². The lowest BCUT2D eigenvalue weighted by Crippen LogP contribution is -2.51. The Morgan fingerprint density at radius 2 is 1.46 bits per heavy atom. The third-order valence-corrected chi connectivity index (χ3v) is 9.63. The van der Waals surface area contributed by atoms with Crippen molar-refractivity contribution in [2.75, 3.05) is 27.3 Å². The number of hydrogen-bond donors (Lipinski definition) is 4. The molecule has 5 rings (SSSR count). The van der Waals surface area contributed by atoms with Gasteiger partial charge in [-0.3, -0.25) is 9.59 Å². The summed E-state index contributed by atoms with van der Waals surface area (Å²) in [5, 5.41) is 5.25. The van der Waals surface area contributed by atoms with Gasteiger partial charge in [-0.15, -0.1) is 0 Å². The molecule has 2 fully saturated rings. The number of aromatic nitrogens is 4. The molecule has 0 radical (unpaired) electrons. The minimum Gasteiger partial charge on any atom is -0.453 e. The van der Waals surface area contributed by atoms with Crippen LogP contribution in [0.5, 0.6) is 0 Å². The van der Waals surface area contributed by atoms with Gasteiger partial charge >= 0.3 is 12.2 Å². The minimum absolute atomic E-state index is 0.0826. The van der Waals surface area contributed by atoms with E-state index in [1.54, 1.807) is 11.8 Å². The van der Waals surface area contributed by atoms with Crippen LogP contribution in [0, 0.1) is 5.92 Å². The zero-order chi connectivity index (χ0) is 35.8. The molecule has 2 aliphatic heterocycles. The maximum absolute atomic E-state index is 13.4. The number of nitrogens with one attached hydrogen (secondary N) is 4. The molecule has 1 aromatic carbocycles. The molecule has 2 aliphatic rings. The number of aryl methyl sites for hydroxylation is 2. The number of aromatic amines is 2. The highest BCUT2D eigenvalue weighted by Gasteiger charge is 2.38. The average molecular weight is 691 g/mol. The molecule has 4 amide bonds. The number of unbranched alkanes of at least 4 members (excludes halogenated alkanes) is 1. The lowest BCUT2D eigenvalue weighted by atomic mass is 10.0. The smallest absolute Gasteiger partial charge is 0.407 e. The number of likely N-dealkylation sites (tertiary alicyclic amines) is 2. The Morgan fingerprint density at radius 1 is 0.840 bits per heavy atom. The Morgan fingerprint density at radius 3 is 2.14 bits per heavy atom. The topological polar surface area (TPSA) is 175 Å². The molecule has 0 bridgehead atoms. The second kappa shape index (κ2) is 16.7. The predicted molar refractivity (Wildman–Crippen MR) is 186 cm³/mol. The van der Waals surface area contributed by atoms with Crippen LogP contribution in [0.25, 0.3) is 11.3 Å². The van der Waals surface area contributed by atoms with E-state index >= 15 is 0 Å². The molecule has 2 aromatic heterocycles. The quantitative estimate of drug-likeness (QED) is 0.185. The summed E-state index contributed by atoms with van der Waals surface area (Å²) in [4.78, 5) is 69.8.